The summed E-state index contributed by atoms with van der Waals surface area (Å²) in [6.07, 6.45) is -0.552. The summed E-state index contributed by atoms with van der Waals surface area (Å²) in [5, 5.41) is 9.11. The molecule has 1 aromatic carbocycles. The molecule has 1 heterocycles. The summed E-state index contributed by atoms with van der Waals surface area (Å²) >= 11 is 0. The lowest BCUT2D eigenvalue weighted by Gasteiger charge is -2.24. The molecule has 1 N–H and O–H groups in total. The zero-order chi connectivity index (χ0) is 18.6. The van der Waals surface area contributed by atoms with Crippen LogP contribution in [-0.4, -0.2) is 53.5 Å². The van der Waals surface area contributed by atoms with Crippen molar-refractivity contribution in [1.82, 2.24) is 4.90 Å². The van der Waals surface area contributed by atoms with E-state index in [1.165, 1.54) is 4.90 Å². The van der Waals surface area contributed by atoms with E-state index in [4.69, 9.17) is 9.84 Å². The first-order chi connectivity index (χ1) is 11.7. The highest BCUT2D eigenvalue weighted by atomic mass is 16.5. The van der Waals surface area contributed by atoms with Crippen molar-refractivity contribution in [1.29, 1.82) is 0 Å². The SMILES string of the molecule is CC(C)(C)c1ccccc1CC(=O)C(=O)N1CCCO[C@H](C(=O)O)C1. The first-order valence-corrected chi connectivity index (χ1v) is 8.45. The Morgan fingerprint density at radius 1 is 1.24 bits per heavy atom. The number of carboxylic acids is 1. The van der Waals surface area contributed by atoms with Crippen LogP contribution in [0.4, 0.5) is 0 Å². The summed E-state index contributed by atoms with van der Waals surface area (Å²) in [5.41, 5.74) is 1.72. The summed E-state index contributed by atoms with van der Waals surface area (Å²) in [5.74, 6) is -2.28. The Balaban J connectivity index is 2.13. The Labute approximate surface area is 147 Å². The summed E-state index contributed by atoms with van der Waals surface area (Å²) in [4.78, 5) is 37.5. The van der Waals surface area contributed by atoms with Gasteiger partial charge in [0.2, 0.25) is 5.78 Å². The molecule has 1 fully saturated rings. The van der Waals surface area contributed by atoms with Gasteiger partial charge in [-0.1, -0.05) is 45.0 Å². The Morgan fingerprint density at radius 3 is 2.56 bits per heavy atom. The highest BCUT2D eigenvalue weighted by molar-refractivity contribution is 6.36. The van der Waals surface area contributed by atoms with Crippen LogP contribution < -0.4 is 0 Å². The van der Waals surface area contributed by atoms with Crippen LogP contribution in [0.15, 0.2) is 24.3 Å². The molecule has 0 bridgehead atoms. The molecule has 1 atom stereocenters. The summed E-state index contributed by atoms with van der Waals surface area (Å²) in [7, 11) is 0. The predicted octanol–water partition coefficient (Wildman–Crippen LogP) is 1.80. The fraction of sp³-hybridized carbons (Fsp3) is 0.526. The fourth-order valence-electron chi connectivity index (χ4n) is 2.99. The molecular weight excluding hydrogens is 322 g/mol. The Kier molecular flexibility index (Phi) is 5.95. The molecule has 1 aliphatic heterocycles. The first kappa shape index (κ1) is 19.1. The van der Waals surface area contributed by atoms with Gasteiger partial charge < -0.3 is 14.7 Å². The highest BCUT2D eigenvalue weighted by Gasteiger charge is 2.31. The van der Waals surface area contributed by atoms with Gasteiger partial charge in [-0.15, -0.1) is 0 Å². The molecule has 0 aromatic heterocycles. The number of carbonyl (C=O) groups is 3. The van der Waals surface area contributed by atoms with Gasteiger partial charge in [0, 0.05) is 19.6 Å². The molecule has 1 aromatic rings. The smallest absolute Gasteiger partial charge is 0.334 e. The molecular formula is C19H25NO5. The second-order valence-corrected chi connectivity index (χ2v) is 7.31. The minimum absolute atomic E-state index is 0.0152. The molecule has 0 saturated carbocycles. The second-order valence-electron chi connectivity index (χ2n) is 7.31. The molecule has 1 amide bonds. The number of rotatable bonds is 4. The van der Waals surface area contributed by atoms with Crippen molar-refractivity contribution in [3.63, 3.8) is 0 Å². The fourth-order valence-corrected chi connectivity index (χ4v) is 2.99. The van der Waals surface area contributed by atoms with E-state index in [1.807, 2.05) is 24.3 Å². The number of carboxylic acid groups (broad SMARTS) is 1. The number of nitrogens with zero attached hydrogens (tertiary/aromatic N) is 1. The third kappa shape index (κ3) is 4.89. The Bertz CT molecular complexity index is 662. The van der Waals surface area contributed by atoms with E-state index in [0.29, 0.717) is 13.0 Å². The van der Waals surface area contributed by atoms with Crippen molar-refractivity contribution in [2.75, 3.05) is 19.7 Å². The molecule has 0 unspecified atom stereocenters. The van der Waals surface area contributed by atoms with Crippen LogP contribution in [0.1, 0.15) is 38.3 Å². The molecule has 6 heteroatoms. The van der Waals surface area contributed by atoms with Crippen LogP contribution >= 0.6 is 0 Å². The number of hydrogen-bond acceptors (Lipinski definition) is 4. The van der Waals surface area contributed by atoms with Gasteiger partial charge in [0.25, 0.3) is 5.91 Å². The molecule has 2 rings (SSSR count). The number of ether oxygens (including phenoxy) is 1. The van der Waals surface area contributed by atoms with E-state index < -0.39 is 23.8 Å². The number of Topliss-reactive ketones (excluding diaryl/α,β-unsaturated/α-hetero) is 1. The zero-order valence-corrected chi connectivity index (χ0v) is 14.9. The molecule has 1 saturated heterocycles. The van der Waals surface area contributed by atoms with Gasteiger partial charge in [-0.25, -0.2) is 4.79 Å². The molecule has 6 nitrogen and oxygen atoms in total. The largest absolute Gasteiger partial charge is 0.479 e. The number of aliphatic carboxylic acids is 1. The van der Waals surface area contributed by atoms with Crippen LogP contribution in [0.5, 0.6) is 0 Å². The highest BCUT2D eigenvalue weighted by Crippen LogP contribution is 2.26. The van der Waals surface area contributed by atoms with Crippen LogP contribution in [0.3, 0.4) is 0 Å². The van der Waals surface area contributed by atoms with E-state index in [9.17, 15) is 14.4 Å². The van der Waals surface area contributed by atoms with Crippen LogP contribution in [0, 0.1) is 0 Å². The lowest BCUT2D eigenvalue weighted by Crippen LogP contribution is -2.43. The standard InChI is InChI=1S/C19H25NO5/c1-19(2,3)14-8-5-4-7-13(14)11-15(21)17(22)20-9-6-10-25-16(12-20)18(23)24/h4-5,7-8,16H,6,9-12H2,1-3H3,(H,23,24)/t16-/m0/s1. The molecule has 1 aliphatic rings. The van der Waals surface area contributed by atoms with Gasteiger partial charge in [0.1, 0.15) is 0 Å². The summed E-state index contributed by atoms with van der Waals surface area (Å²) in [6, 6.07) is 7.59. The summed E-state index contributed by atoms with van der Waals surface area (Å²) < 4.78 is 5.20. The maximum Gasteiger partial charge on any atom is 0.334 e. The van der Waals surface area contributed by atoms with Gasteiger partial charge in [0.05, 0.1) is 6.54 Å². The van der Waals surface area contributed by atoms with Crippen LogP contribution in [-0.2, 0) is 31.0 Å². The first-order valence-electron chi connectivity index (χ1n) is 8.45. The van der Waals surface area contributed by atoms with Crippen molar-refractivity contribution in [2.24, 2.45) is 0 Å². The number of ketones is 1. The van der Waals surface area contributed by atoms with Crippen LogP contribution in [0.25, 0.3) is 0 Å². The molecule has 0 spiro atoms. The van der Waals surface area contributed by atoms with Crippen molar-refractivity contribution >= 4 is 17.7 Å². The number of amides is 1. The average molecular weight is 347 g/mol. The lowest BCUT2D eigenvalue weighted by molar-refractivity contribution is -0.152. The van der Waals surface area contributed by atoms with E-state index in [1.54, 1.807) is 0 Å². The number of hydrogen-bond donors (Lipinski definition) is 1. The van der Waals surface area contributed by atoms with Crippen molar-refractivity contribution in [2.45, 2.75) is 45.1 Å². The minimum Gasteiger partial charge on any atom is -0.479 e. The van der Waals surface area contributed by atoms with E-state index >= 15 is 0 Å². The zero-order valence-electron chi connectivity index (χ0n) is 14.9. The average Bonchev–Trinajstić information content (AvgIpc) is 2.79. The number of benzene rings is 1. The molecule has 0 aliphatic carbocycles. The third-order valence-corrected chi connectivity index (χ3v) is 4.26. The van der Waals surface area contributed by atoms with Gasteiger partial charge >= 0.3 is 5.97 Å². The predicted molar refractivity (Wildman–Crippen MR) is 92.4 cm³/mol. The third-order valence-electron chi connectivity index (χ3n) is 4.26. The normalized spacial score (nSPS) is 18.5. The monoisotopic (exact) mass is 347 g/mol. The Hall–Kier alpha value is -2.21. The van der Waals surface area contributed by atoms with Crippen molar-refractivity contribution in [3.8, 4) is 0 Å². The lowest BCUT2D eigenvalue weighted by atomic mass is 9.82. The molecule has 25 heavy (non-hydrogen) atoms. The van der Waals surface area contributed by atoms with E-state index in [-0.39, 0.29) is 25.0 Å². The molecule has 0 radical (unpaired) electrons. The van der Waals surface area contributed by atoms with Crippen molar-refractivity contribution in [3.05, 3.63) is 35.4 Å². The topological polar surface area (TPSA) is 83.9 Å². The van der Waals surface area contributed by atoms with Gasteiger partial charge in [0.15, 0.2) is 6.10 Å². The van der Waals surface area contributed by atoms with E-state index in [0.717, 1.165) is 11.1 Å². The maximum atomic E-state index is 12.5. The Morgan fingerprint density at radius 2 is 1.92 bits per heavy atom. The summed E-state index contributed by atoms with van der Waals surface area (Å²) in [6.45, 7) is 6.67. The van der Waals surface area contributed by atoms with Gasteiger partial charge in [-0.05, 0) is 23.0 Å². The maximum absolute atomic E-state index is 12.5. The minimum atomic E-state index is -1.12. The quantitative estimate of drug-likeness (QED) is 0.840. The number of carbonyl (C=O) groups excluding carboxylic acids is 2. The van der Waals surface area contributed by atoms with Crippen LogP contribution in [0.2, 0.25) is 0 Å². The van der Waals surface area contributed by atoms with Crippen molar-refractivity contribution < 1.29 is 24.2 Å². The van der Waals surface area contributed by atoms with Gasteiger partial charge in [-0.3, -0.25) is 9.59 Å². The second kappa shape index (κ2) is 7.78. The molecule has 136 valence electrons. The van der Waals surface area contributed by atoms with Gasteiger partial charge in [-0.2, -0.15) is 0 Å². The van der Waals surface area contributed by atoms with E-state index in [2.05, 4.69) is 20.8 Å².